The molecular weight excluding hydrogens is 341 g/mol. The number of rotatable bonds is 8. The van der Waals surface area contributed by atoms with Gasteiger partial charge in [-0.05, 0) is 31.8 Å². The molecule has 0 unspecified atom stereocenters. The van der Waals surface area contributed by atoms with Crippen LogP contribution in [0.25, 0.3) is 11.4 Å². The Morgan fingerprint density at radius 1 is 0.889 bits per heavy atom. The molecule has 0 fully saturated rings. The predicted molar refractivity (Wildman–Crippen MR) is 108 cm³/mol. The molecule has 1 aromatic heterocycles. The fourth-order valence-electron chi connectivity index (χ4n) is 2.55. The average molecular weight is 365 g/mol. The maximum absolute atomic E-state index is 13.1. The minimum atomic E-state index is -0.237. The summed E-state index contributed by atoms with van der Waals surface area (Å²) in [4.78, 5) is 11.4. The lowest BCUT2D eigenvalue weighted by molar-refractivity contribution is 0.425. The Morgan fingerprint density at radius 3 is 2.22 bits per heavy atom. The smallest absolute Gasteiger partial charge is 0.163 e. The summed E-state index contributed by atoms with van der Waals surface area (Å²) in [6.45, 7) is 2.25. The summed E-state index contributed by atoms with van der Waals surface area (Å²) in [6.07, 6.45) is 0. The molecule has 0 radical (unpaired) electrons. The topological polar surface area (TPSA) is 53.1 Å². The lowest BCUT2D eigenvalue weighted by Gasteiger charge is -2.13. The Bertz CT molecular complexity index is 850. The molecule has 3 rings (SSSR count). The Balaban J connectivity index is 1.79. The third-order valence-corrected chi connectivity index (χ3v) is 4.01. The first-order valence-corrected chi connectivity index (χ1v) is 8.91. The number of anilines is 2. The third-order valence-electron chi connectivity index (χ3n) is 4.01. The van der Waals surface area contributed by atoms with E-state index in [9.17, 15) is 4.39 Å². The molecule has 2 N–H and O–H groups in total. The van der Waals surface area contributed by atoms with Gasteiger partial charge in [0.25, 0.3) is 0 Å². The number of nitrogens with zero attached hydrogens (tertiary/aromatic N) is 3. The zero-order chi connectivity index (χ0) is 19.1. The Kier molecular flexibility index (Phi) is 6.33. The van der Waals surface area contributed by atoms with Gasteiger partial charge < -0.3 is 15.5 Å². The molecule has 0 amide bonds. The standard InChI is InChI=1S/C21H24FN5/c1-27(2)13-12-23-19-14-20(24-15-16-8-10-18(22)11-9-16)26-21(25-19)17-6-4-3-5-7-17/h3-11,14H,12-13,15H2,1-2H3,(H2,23,24,25,26). The fourth-order valence-corrected chi connectivity index (χ4v) is 2.55. The summed E-state index contributed by atoms with van der Waals surface area (Å²) in [7, 11) is 4.07. The van der Waals surface area contributed by atoms with Gasteiger partial charge in [0.1, 0.15) is 17.5 Å². The van der Waals surface area contributed by atoms with Gasteiger partial charge in [-0.15, -0.1) is 0 Å². The molecule has 27 heavy (non-hydrogen) atoms. The molecule has 1 heterocycles. The van der Waals surface area contributed by atoms with Crippen molar-refractivity contribution in [2.24, 2.45) is 0 Å². The molecule has 0 aliphatic carbocycles. The highest BCUT2D eigenvalue weighted by molar-refractivity contribution is 5.61. The first-order chi connectivity index (χ1) is 13.1. The second kappa shape index (κ2) is 9.09. The number of hydrogen-bond donors (Lipinski definition) is 2. The van der Waals surface area contributed by atoms with E-state index in [0.717, 1.165) is 35.9 Å². The minimum absolute atomic E-state index is 0.237. The zero-order valence-electron chi connectivity index (χ0n) is 15.6. The van der Waals surface area contributed by atoms with E-state index in [0.29, 0.717) is 12.4 Å². The van der Waals surface area contributed by atoms with Crippen molar-refractivity contribution in [1.29, 1.82) is 0 Å². The molecule has 3 aromatic rings. The number of likely N-dealkylation sites (N-methyl/N-ethyl adjacent to an activating group) is 1. The molecule has 6 heteroatoms. The van der Waals surface area contributed by atoms with Gasteiger partial charge in [0.05, 0.1) is 0 Å². The average Bonchev–Trinajstić information content (AvgIpc) is 2.68. The number of halogens is 1. The van der Waals surface area contributed by atoms with Gasteiger partial charge in [-0.1, -0.05) is 42.5 Å². The minimum Gasteiger partial charge on any atom is -0.369 e. The van der Waals surface area contributed by atoms with Crippen molar-refractivity contribution in [3.8, 4) is 11.4 Å². The lowest BCUT2D eigenvalue weighted by atomic mass is 10.2. The summed E-state index contributed by atoms with van der Waals surface area (Å²) in [5.41, 5.74) is 1.94. The summed E-state index contributed by atoms with van der Waals surface area (Å²) in [5, 5.41) is 6.66. The third kappa shape index (κ3) is 5.76. The first kappa shape index (κ1) is 18.8. The van der Waals surface area contributed by atoms with E-state index < -0.39 is 0 Å². The molecule has 0 saturated heterocycles. The summed E-state index contributed by atoms with van der Waals surface area (Å²) < 4.78 is 13.1. The van der Waals surface area contributed by atoms with Crippen LogP contribution >= 0.6 is 0 Å². The second-order valence-electron chi connectivity index (χ2n) is 6.54. The van der Waals surface area contributed by atoms with Gasteiger partial charge >= 0.3 is 0 Å². The van der Waals surface area contributed by atoms with E-state index in [4.69, 9.17) is 0 Å². The van der Waals surface area contributed by atoms with Gasteiger partial charge in [0, 0.05) is 31.3 Å². The van der Waals surface area contributed by atoms with Gasteiger partial charge in [-0.3, -0.25) is 0 Å². The fraction of sp³-hybridized carbons (Fsp3) is 0.238. The highest BCUT2D eigenvalue weighted by Gasteiger charge is 2.07. The molecular formula is C21H24FN5. The molecule has 0 aliphatic rings. The second-order valence-corrected chi connectivity index (χ2v) is 6.54. The molecule has 140 valence electrons. The molecule has 0 spiro atoms. The maximum Gasteiger partial charge on any atom is 0.163 e. The maximum atomic E-state index is 13.1. The number of aromatic nitrogens is 2. The predicted octanol–water partition coefficient (Wildman–Crippen LogP) is 3.87. The molecule has 0 atom stereocenters. The van der Waals surface area contributed by atoms with Crippen LogP contribution in [0.2, 0.25) is 0 Å². The zero-order valence-corrected chi connectivity index (χ0v) is 15.6. The van der Waals surface area contributed by atoms with Crippen LogP contribution in [-0.2, 0) is 6.54 Å². The van der Waals surface area contributed by atoms with Crippen molar-refractivity contribution in [2.75, 3.05) is 37.8 Å². The van der Waals surface area contributed by atoms with E-state index in [-0.39, 0.29) is 5.82 Å². The summed E-state index contributed by atoms with van der Waals surface area (Å²) in [6, 6.07) is 18.2. The quantitative estimate of drug-likeness (QED) is 0.635. The van der Waals surface area contributed by atoms with Crippen molar-refractivity contribution >= 4 is 11.6 Å². The molecule has 0 saturated carbocycles. The van der Waals surface area contributed by atoms with Crippen molar-refractivity contribution in [2.45, 2.75) is 6.54 Å². The molecule has 2 aromatic carbocycles. The van der Waals surface area contributed by atoms with Crippen LogP contribution in [0.5, 0.6) is 0 Å². The van der Waals surface area contributed by atoms with Gasteiger partial charge in [-0.25, -0.2) is 14.4 Å². The van der Waals surface area contributed by atoms with Crippen LogP contribution < -0.4 is 10.6 Å². The first-order valence-electron chi connectivity index (χ1n) is 8.91. The number of nitrogens with one attached hydrogen (secondary N) is 2. The Labute approximate surface area is 159 Å². The van der Waals surface area contributed by atoms with Crippen molar-refractivity contribution in [1.82, 2.24) is 14.9 Å². The van der Waals surface area contributed by atoms with Crippen molar-refractivity contribution in [3.05, 3.63) is 72.0 Å². The summed E-state index contributed by atoms with van der Waals surface area (Å²) >= 11 is 0. The normalized spacial score (nSPS) is 10.8. The van der Waals surface area contributed by atoms with Crippen LogP contribution in [0.4, 0.5) is 16.0 Å². The molecule has 0 aliphatic heterocycles. The van der Waals surface area contributed by atoms with E-state index in [1.807, 2.05) is 50.5 Å². The number of benzene rings is 2. The van der Waals surface area contributed by atoms with Crippen LogP contribution in [-0.4, -0.2) is 42.1 Å². The highest BCUT2D eigenvalue weighted by Crippen LogP contribution is 2.20. The molecule has 5 nitrogen and oxygen atoms in total. The Morgan fingerprint density at radius 2 is 1.56 bits per heavy atom. The molecule has 0 bridgehead atoms. The van der Waals surface area contributed by atoms with E-state index >= 15 is 0 Å². The van der Waals surface area contributed by atoms with Crippen LogP contribution in [0.1, 0.15) is 5.56 Å². The number of hydrogen-bond acceptors (Lipinski definition) is 5. The van der Waals surface area contributed by atoms with Crippen molar-refractivity contribution < 1.29 is 4.39 Å². The lowest BCUT2D eigenvalue weighted by Crippen LogP contribution is -2.21. The van der Waals surface area contributed by atoms with Crippen LogP contribution in [0, 0.1) is 5.82 Å². The van der Waals surface area contributed by atoms with Gasteiger partial charge in [-0.2, -0.15) is 0 Å². The SMILES string of the molecule is CN(C)CCNc1cc(NCc2ccc(F)cc2)nc(-c2ccccc2)n1. The van der Waals surface area contributed by atoms with E-state index in [1.165, 1.54) is 12.1 Å². The van der Waals surface area contributed by atoms with Crippen LogP contribution in [0.3, 0.4) is 0 Å². The van der Waals surface area contributed by atoms with E-state index in [2.05, 4.69) is 25.5 Å². The van der Waals surface area contributed by atoms with E-state index in [1.54, 1.807) is 12.1 Å². The highest BCUT2D eigenvalue weighted by atomic mass is 19.1. The largest absolute Gasteiger partial charge is 0.369 e. The Hall–Kier alpha value is -2.99. The van der Waals surface area contributed by atoms with Gasteiger partial charge in [0.2, 0.25) is 0 Å². The summed E-state index contributed by atoms with van der Waals surface area (Å²) in [5.74, 6) is 1.92. The van der Waals surface area contributed by atoms with Gasteiger partial charge in [0.15, 0.2) is 5.82 Å². The monoisotopic (exact) mass is 365 g/mol. The van der Waals surface area contributed by atoms with Crippen LogP contribution in [0.15, 0.2) is 60.7 Å². The van der Waals surface area contributed by atoms with Crippen molar-refractivity contribution in [3.63, 3.8) is 0 Å².